The molecule has 0 N–H and O–H groups in total. The van der Waals surface area contributed by atoms with Crippen LogP contribution in [0.4, 0.5) is 4.39 Å². The molecular formula is C22H15FN2O. The van der Waals surface area contributed by atoms with Gasteiger partial charge in [0, 0.05) is 17.6 Å². The van der Waals surface area contributed by atoms with Crippen molar-refractivity contribution in [3.05, 3.63) is 95.1 Å². The van der Waals surface area contributed by atoms with Crippen molar-refractivity contribution in [1.29, 1.82) is 5.26 Å². The summed E-state index contributed by atoms with van der Waals surface area (Å²) in [4.78, 5) is 4.46. The van der Waals surface area contributed by atoms with Crippen LogP contribution in [0.1, 0.15) is 11.3 Å². The van der Waals surface area contributed by atoms with E-state index in [0.717, 1.165) is 22.4 Å². The SMILES string of the molecule is Cc1cc(F)cc(Oc2ccc(C3=CC4C=C(C#N)C=CC4=C3)nc2)c1. The Kier molecular flexibility index (Phi) is 3.98. The van der Waals surface area contributed by atoms with Gasteiger partial charge in [-0.25, -0.2) is 4.39 Å². The molecule has 3 nitrogen and oxygen atoms in total. The molecule has 0 spiro atoms. The summed E-state index contributed by atoms with van der Waals surface area (Å²) in [5.41, 5.74) is 4.46. The van der Waals surface area contributed by atoms with Crippen molar-refractivity contribution in [2.24, 2.45) is 5.92 Å². The summed E-state index contributed by atoms with van der Waals surface area (Å²) in [7, 11) is 0. The largest absolute Gasteiger partial charge is 0.456 e. The Labute approximate surface area is 151 Å². The summed E-state index contributed by atoms with van der Waals surface area (Å²) < 4.78 is 19.1. The highest BCUT2D eigenvalue weighted by Gasteiger charge is 2.20. The van der Waals surface area contributed by atoms with Crippen LogP contribution < -0.4 is 4.74 Å². The van der Waals surface area contributed by atoms with Crippen LogP contribution in [0.25, 0.3) is 5.57 Å². The number of ether oxygens (including phenoxy) is 1. The monoisotopic (exact) mass is 342 g/mol. The van der Waals surface area contributed by atoms with E-state index >= 15 is 0 Å². The van der Waals surface area contributed by atoms with Gasteiger partial charge in [0.15, 0.2) is 0 Å². The topological polar surface area (TPSA) is 45.9 Å². The molecule has 4 heteroatoms. The lowest BCUT2D eigenvalue weighted by atomic mass is 9.94. The zero-order valence-corrected chi connectivity index (χ0v) is 14.1. The van der Waals surface area contributed by atoms with Gasteiger partial charge in [0.2, 0.25) is 0 Å². The van der Waals surface area contributed by atoms with Crippen molar-refractivity contribution in [2.75, 3.05) is 0 Å². The number of hydrogen-bond acceptors (Lipinski definition) is 3. The number of nitriles is 1. The third kappa shape index (κ3) is 3.20. The van der Waals surface area contributed by atoms with Crippen LogP contribution in [0.15, 0.2) is 78.1 Å². The average molecular weight is 342 g/mol. The van der Waals surface area contributed by atoms with E-state index in [1.165, 1.54) is 12.1 Å². The summed E-state index contributed by atoms with van der Waals surface area (Å²) in [5, 5.41) is 9.02. The first-order valence-corrected chi connectivity index (χ1v) is 8.25. The smallest absolute Gasteiger partial charge is 0.145 e. The molecule has 1 aromatic carbocycles. The van der Waals surface area contributed by atoms with Crippen LogP contribution in [0, 0.1) is 30.0 Å². The van der Waals surface area contributed by atoms with Gasteiger partial charge >= 0.3 is 0 Å². The van der Waals surface area contributed by atoms with E-state index in [1.54, 1.807) is 12.3 Å². The van der Waals surface area contributed by atoms with E-state index in [1.807, 2.05) is 37.3 Å². The van der Waals surface area contributed by atoms with E-state index in [4.69, 9.17) is 10.00 Å². The molecule has 1 unspecified atom stereocenters. The number of allylic oxidation sites excluding steroid dienone is 8. The van der Waals surface area contributed by atoms with Gasteiger partial charge in [-0.3, -0.25) is 4.98 Å². The molecule has 1 heterocycles. The van der Waals surface area contributed by atoms with E-state index in [-0.39, 0.29) is 11.7 Å². The molecule has 126 valence electrons. The molecule has 0 amide bonds. The van der Waals surface area contributed by atoms with Crippen LogP contribution in [-0.2, 0) is 0 Å². The number of rotatable bonds is 3. The van der Waals surface area contributed by atoms with Crippen LogP contribution in [-0.4, -0.2) is 4.98 Å². The Hall–Kier alpha value is -3.45. The number of hydrogen-bond donors (Lipinski definition) is 0. The molecule has 1 aromatic heterocycles. The summed E-state index contributed by atoms with van der Waals surface area (Å²) in [5.74, 6) is 0.795. The third-order valence-corrected chi connectivity index (χ3v) is 4.29. The van der Waals surface area contributed by atoms with Gasteiger partial charge < -0.3 is 4.74 Å². The second-order valence-corrected chi connectivity index (χ2v) is 6.30. The fourth-order valence-electron chi connectivity index (χ4n) is 3.10. The molecule has 0 saturated heterocycles. The second kappa shape index (κ2) is 6.45. The summed E-state index contributed by atoms with van der Waals surface area (Å²) in [6, 6.07) is 10.4. The molecular weight excluding hydrogens is 327 g/mol. The van der Waals surface area contributed by atoms with Gasteiger partial charge in [-0.1, -0.05) is 18.2 Å². The second-order valence-electron chi connectivity index (χ2n) is 6.30. The lowest BCUT2D eigenvalue weighted by Gasteiger charge is -2.09. The first-order chi connectivity index (χ1) is 12.6. The van der Waals surface area contributed by atoms with Gasteiger partial charge in [-0.2, -0.15) is 5.26 Å². The molecule has 4 rings (SSSR count). The number of nitrogens with zero attached hydrogens (tertiary/aromatic N) is 2. The van der Waals surface area contributed by atoms with Crippen molar-refractivity contribution >= 4 is 5.57 Å². The van der Waals surface area contributed by atoms with Gasteiger partial charge in [-0.05, 0) is 60.1 Å². The highest BCUT2D eigenvalue weighted by atomic mass is 19.1. The van der Waals surface area contributed by atoms with Crippen molar-refractivity contribution in [1.82, 2.24) is 4.98 Å². The molecule has 0 radical (unpaired) electrons. The Morgan fingerprint density at radius 2 is 2.00 bits per heavy atom. The first kappa shape index (κ1) is 16.0. The van der Waals surface area contributed by atoms with Crippen LogP contribution in [0.3, 0.4) is 0 Å². The molecule has 0 fully saturated rings. The van der Waals surface area contributed by atoms with E-state index in [2.05, 4.69) is 23.2 Å². The van der Waals surface area contributed by atoms with E-state index in [9.17, 15) is 4.39 Å². The van der Waals surface area contributed by atoms with Crippen molar-refractivity contribution in [2.45, 2.75) is 6.92 Å². The minimum Gasteiger partial charge on any atom is -0.456 e. The Morgan fingerprint density at radius 1 is 1.12 bits per heavy atom. The Morgan fingerprint density at radius 3 is 2.73 bits per heavy atom. The molecule has 2 aliphatic rings. The highest BCUT2D eigenvalue weighted by Crippen LogP contribution is 2.35. The van der Waals surface area contributed by atoms with Crippen LogP contribution >= 0.6 is 0 Å². The Balaban J connectivity index is 1.54. The maximum atomic E-state index is 13.5. The van der Waals surface area contributed by atoms with Crippen molar-refractivity contribution in [3.8, 4) is 17.6 Å². The number of benzene rings is 1. The number of fused-ring (bicyclic) bond motifs is 1. The number of halogens is 1. The predicted molar refractivity (Wildman–Crippen MR) is 97.8 cm³/mol. The zero-order chi connectivity index (χ0) is 18.1. The summed E-state index contributed by atoms with van der Waals surface area (Å²) in [6.07, 6.45) is 11.5. The molecule has 0 bridgehead atoms. The Bertz CT molecular complexity index is 1020. The molecule has 1 atom stereocenters. The summed E-state index contributed by atoms with van der Waals surface area (Å²) >= 11 is 0. The maximum absolute atomic E-state index is 13.5. The van der Waals surface area contributed by atoms with Crippen LogP contribution in [0.5, 0.6) is 11.5 Å². The fraction of sp³-hybridized carbons (Fsp3) is 0.0909. The standard InChI is InChI=1S/C22H15FN2O/c1-14-6-19(23)11-21(7-14)26-20-4-5-22(25-13-20)18-9-16-3-2-15(12-24)8-17(16)10-18/h2-11,13,17H,1H3. The lowest BCUT2D eigenvalue weighted by Crippen LogP contribution is -1.96. The predicted octanol–water partition coefficient (Wildman–Crippen LogP) is 5.28. The van der Waals surface area contributed by atoms with E-state index < -0.39 is 0 Å². The molecule has 2 aliphatic carbocycles. The quantitative estimate of drug-likeness (QED) is 0.762. The number of aryl methyl sites for hydroxylation is 1. The number of aromatic nitrogens is 1. The van der Waals surface area contributed by atoms with Gasteiger partial charge in [0.25, 0.3) is 0 Å². The fourth-order valence-corrected chi connectivity index (χ4v) is 3.10. The summed E-state index contributed by atoms with van der Waals surface area (Å²) in [6.45, 7) is 1.82. The lowest BCUT2D eigenvalue weighted by molar-refractivity contribution is 0.474. The third-order valence-electron chi connectivity index (χ3n) is 4.29. The molecule has 2 aromatic rings. The van der Waals surface area contributed by atoms with Crippen LogP contribution in [0.2, 0.25) is 0 Å². The molecule has 0 saturated carbocycles. The minimum atomic E-state index is -0.326. The molecule has 0 aliphatic heterocycles. The van der Waals surface area contributed by atoms with Gasteiger partial charge in [-0.15, -0.1) is 0 Å². The van der Waals surface area contributed by atoms with Gasteiger partial charge in [0.05, 0.1) is 18.0 Å². The van der Waals surface area contributed by atoms with E-state index in [0.29, 0.717) is 17.1 Å². The highest BCUT2D eigenvalue weighted by molar-refractivity contribution is 5.78. The minimum absolute atomic E-state index is 0.123. The first-order valence-electron chi connectivity index (χ1n) is 8.25. The normalized spacial score (nSPS) is 17.7. The molecule has 26 heavy (non-hydrogen) atoms. The zero-order valence-electron chi connectivity index (χ0n) is 14.1. The average Bonchev–Trinajstić information content (AvgIpc) is 3.04. The van der Waals surface area contributed by atoms with Gasteiger partial charge in [0.1, 0.15) is 17.3 Å². The number of pyridine rings is 1. The van der Waals surface area contributed by atoms with Crippen molar-refractivity contribution in [3.63, 3.8) is 0 Å². The maximum Gasteiger partial charge on any atom is 0.145 e. The van der Waals surface area contributed by atoms with Crippen molar-refractivity contribution < 1.29 is 9.13 Å².